The summed E-state index contributed by atoms with van der Waals surface area (Å²) in [6.07, 6.45) is 1.54. The third kappa shape index (κ3) is 6.20. The number of morpholine rings is 1. The van der Waals surface area contributed by atoms with Crippen LogP contribution in [-0.4, -0.2) is 55.3 Å². The van der Waals surface area contributed by atoms with E-state index in [9.17, 15) is 22.0 Å². The van der Waals surface area contributed by atoms with Gasteiger partial charge in [-0.2, -0.15) is 8.78 Å². The van der Waals surface area contributed by atoms with Gasteiger partial charge in [0.05, 0.1) is 35.0 Å². The predicted molar refractivity (Wildman–Crippen MR) is 153 cm³/mol. The molecule has 1 saturated heterocycles. The van der Waals surface area contributed by atoms with Crippen molar-refractivity contribution < 1.29 is 31.1 Å². The summed E-state index contributed by atoms with van der Waals surface area (Å²) in [5.41, 5.74) is 0.839. The van der Waals surface area contributed by atoms with Crippen molar-refractivity contribution in [1.29, 1.82) is 0 Å². The number of alkyl halides is 2. The molecule has 2 atom stereocenters. The average molecular weight is 619 g/mol. The zero-order valence-electron chi connectivity index (χ0n) is 22.5. The summed E-state index contributed by atoms with van der Waals surface area (Å²) in [6.45, 7) is 5.17. The number of benzene rings is 2. The molecule has 1 aliphatic heterocycles. The van der Waals surface area contributed by atoms with E-state index >= 15 is 4.39 Å². The molecule has 1 N–H and O–H groups in total. The highest BCUT2D eigenvalue weighted by molar-refractivity contribution is 7.91. The summed E-state index contributed by atoms with van der Waals surface area (Å²) in [5.74, 6) is -4.23. The Balaban J connectivity index is 1.38. The molecule has 2 aromatic heterocycles. The van der Waals surface area contributed by atoms with E-state index in [-0.39, 0.29) is 34.7 Å². The molecule has 3 heterocycles. The summed E-state index contributed by atoms with van der Waals surface area (Å²) in [7, 11) is -4.96. The second kappa shape index (κ2) is 11.9. The SMILES string of the molecule is C[C@@H]1CN(c2cccc(-c3ccc4cnc(CNC(=O)c5cc(Cl)cc(S(=O)(=O)C(F)F)c5)cc4c3F)n2)C[C@H](C)O1. The minimum absolute atomic E-state index is 0.0367. The summed E-state index contributed by atoms with van der Waals surface area (Å²) in [4.78, 5) is 23.0. The maximum absolute atomic E-state index is 15.8. The number of carbonyl (C=O) groups is 1. The lowest BCUT2D eigenvalue weighted by Gasteiger charge is -2.36. The number of nitrogens with one attached hydrogen (secondary N) is 1. The Morgan fingerprint density at radius 3 is 2.57 bits per heavy atom. The van der Waals surface area contributed by atoms with Gasteiger partial charge in [0.2, 0.25) is 9.84 Å². The standard InChI is InChI=1S/C29H26ClF3N4O4S/c1-16-14-37(15-17(2)41-16)26-5-3-4-25(36-26)23-7-6-18-12-34-21(11-24(18)27(23)31)13-35-28(38)19-8-20(30)10-22(9-19)42(39,40)29(32)33/h3-12,16-17,29H,13-15H2,1-2H3,(H,35,38)/t16-,17+. The van der Waals surface area contributed by atoms with Gasteiger partial charge in [-0.1, -0.05) is 23.7 Å². The zero-order valence-corrected chi connectivity index (χ0v) is 24.1. The summed E-state index contributed by atoms with van der Waals surface area (Å²) >= 11 is 5.88. The molecule has 13 heteroatoms. The van der Waals surface area contributed by atoms with Gasteiger partial charge in [-0.3, -0.25) is 9.78 Å². The molecule has 0 unspecified atom stereocenters. The van der Waals surface area contributed by atoms with Crippen molar-refractivity contribution in [3.8, 4) is 11.3 Å². The molecular formula is C29H26ClF3N4O4S. The van der Waals surface area contributed by atoms with Gasteiger partial charge in [-0.05, 0) is 56.3 Å². The van der Waals surface area contributed by atoms with Crippen LogP contribution in [0.5, 0.6) is 0 Å². The van der Waals surface area contributed by atoms with Crippen LogP contribution in [-0.2, 0) is 21.1 Å². The molecule has 1 fully saturated rings. The lowest BCUT2D eigenvalue weighted by Crippen LogP contribution is -2.45. The number of amides is 1. The molecular weight excluding hydrogens is 593 g/mol. The molecule has 0 bridgehead atoms. The van der Waals surface area contributed by atoms with Crippen LogP contribution in [0.15, 0.2) is 65.7 Å². The van der Waals surface area contributed by atoms with Gasteiger partial charge in [-0.15, -0.1) is 0 Å². The van der Waals surface area contributed by atoms with Crippen LogP contribution in [0.2, 0.25) is 5.02 Å². The van der Waals surface area contributed by atoms with Crippen molar-refractivity contribution in [1.82, 2.24) is 15.3 Å². The zero-order chi connectivity index (χ0) is 30.2. The Labute approximate surface area is 245 Å². The Morgan fingerprint density at radius 2 is 1.86 bits per heavy atom. The minimum Gasteiger partial charge on any atom is -0.372 e. The number of halogens is 4. The van der Waals surface area contributed by atoms with Gasteiger partial charge in [0.15, 0.2) is 0 Å². The lowest BCUT2D eigenvalue weighted by molar-refractivity contribution is -0.00545. The van der Waals surface area contributed by atoms with Crippen LogP contribution < -0.4 is 10.2 Å². The maximum Gasteiger partial charge on any atom is 0.341 e. The lowest BCUT2D eigenvalue weighted by atomic mass is 10.0. The smallest absolute Gasteiger partial charge is 0.341 e. The van der Waals surface area contributed by atoms with Gasteiger partial charge < -0.3 is 15.0 Å². The van der Waals surface area contributed by atoms with Gasteiger partial charge in [-0.25, -0.2) is 17.8 Å². The molecule has 1 aliphatic rings. The van der Waals surface area contributed by atoms with Crippen LogP contribution in [0.4, 0.5) is 19.0 Å². The van der Waals surface area contributed by atoms with E-state index in [1.165, 1.54) is 12.3 Å². The molecule has 42 heavy (non-hydrogen) atoms. The Kier molecular flexibility index (Phi) is 8.40. The number of carbonyl (C=O) groups excluding carboxylic acids is 1. The van der Waals surface area contributed by atoms with E-state index in [0.29, 0.717) is 35.4 Å². The van der Waals surface area contributed by atoms with Crippen LogP contribution in [0.3, 0.4) is 0 Å². The molecule has 4 aromatic rings. The van der Waals surface area contributed by atoms with E-state index < -0.39 is 32.2 Å². The molecule has 8 nitrogen and oxygen atoms in total. The fraction of sp³-hybridized carbons (Fsp3) is 0.276. The number of hydrogen-bond donors (Lipinski definition) is 1. The van der Waals surface area contributed by atoms with Gasteiger partial charge >= 0.3 is 5.76 Å². The van der Waals surface area contributed by atoms with Crippen molar-refractivity contribution in [3.05, 3.63) is 82.9 Å². The Morgan fingerprint density at radius 1 is 1.12 bits per heavy atom. The third-order valence-electron chi connectivity index (χ3n) is 6.77. The molecule has 1 amide bonds. The first kappa shape index (κ1) is 29.7. The van der Waals surface area contributed by atoms with Gasteiger partial charge in [0.25, 0.3) is 5.91 Å². The number of nitrogens with zero attached hydrogens (tertiary/aromatic N) is 3. The molecule has 0 saturated carbocycles. The van der Waals surface area contributed by atoms with Crippen LogP contribution in [0, 0.1) is 5.82 Å². The molecule has 0 radical (unpaired) electrons. The largest absolute Gasteiger partial charge is 0.372 e. The highest BCUT2D eigenvalue weighted by Crippen LogP contribution is 2.30. The topological polar surface area (TPSA) is 101 Å². The van der Waals surface area contributed by atoms with Crippen LogP contribution >= 0.6 is 11.6 Å². The molecule has 220 valence electrons. The molecule has 0 aliphatic carbocycles. The number of rotatable bonds is 7. The minimum atomic E-state index is -4.96. The van der Waals surface area contributed by atoms with Crippen LogP contribution in [0.1, 0.15) is 29.9 Å². The normalized spacial score (nSPS) is 17.5. The second-order valence-electron chi connectivity index (χ2n) is 10.0. The second-order valence-corrected chi connectivity index (χ2v) is 12.4. The van der Waals surface area contributed by atoms with Crippen molar-refractivity contribution in [2.75, 3.05) is 18.0 Å². The quantitative estimate of drug-likeness (QED) is 0.286. The number of aromatic nitrogens is 2. The first-order chi connectivity index (χ1) is 19.9. The fourth-order valence-corrected chi connectivity index (χ4v) is 5.95. The Bertz CT molecular complexity index is 1760. The van der Waals surface area contributed by atoms with Crippen molar-refractivity contribution in [2.45, 2.75) is 43.3 Å². The number of hydrogen-bond acceptors (Lipinski definition) is 7. The van der Waals surface area contributed by atoms with E-state index in [4.69, 9.17) is 21.3 Å². The summed E-state index contributed by atoms with van der Waals surface area (Å²) in [5, 5.41) is 3.14. The average Bonchev–Trinajstić information content (AvgIpc) is 2.95. The first-order valence-corrected chi connectivity index (χ1v) is 14.9. The highest BCUT2D eigenvalue weighted by atomic mass is 35.5. The van der Waals surface area contributed by atoms with Gasteiger partial charge in [0, 0.05) is 46.2 Å². The van der Waals surface area contributed by atoms with E-state index in [1.54, 1.807) is 18.2 Å². The number of pyridine rings is 2. The van der Waals surface area contributed by atoms with E-state index in [1.807, 2.05) is 26.0 Å². The number of anilines is 1. The number of ether oxygens (including phenoxy) is 1. The van der Waals surface area contributed by atoms with E-state index in [0.717, 1.165) is 24.0 Å². The number of sulfone groups is 1. The molecule has 0 spiro atoms. The monoisotopic (exact) mass is 618 g/mol. The van der Waals surface area contributed by atoms with Crippen molar-refractivity contribution >= 4 is 43.9 Å². The fourth-order valence-electron chi connectivity index (χ4n) is 4.87. The first-order valence-electron chi connectivity index (χ1n) is 13.0. The van der Waals surface area contributed by atoms with E-state index in [2.05, 4.69) is 15.2 Å². The predicted octanol–water partition coefficient (Wildman–Crippen LogP) is 5.63. The molecule has 5 rings (SSSR count). The summed E-state index contributed by atoms with van der Waals surface area (Å²) < 4.78 is 71.3. The summed E-state index contributed by atoms with van der Waals surface area (Å²) in [6, 6.07) is 13.1. The van der Waals surface area contributed by atoms with Crippen LogP contribution in [0.25, 0.3) is 22.0 Å². The number of fused-ring (bicyclic) bond motifs is 1. The van der Waals surface area contributed by atoms with Gasteiger partial charge in [0.1, 0.15) is 11.6 Å². The highest BCUT2D eigenvalue weighted by Gasteiger charge is 2.28. The molecule has 2 aromatic carbocycles. The van der Waals surface area contributed by atoms with Crippen molar-refractivity contribution in [2.24, 2.45) is 0 Å². The van der Waals surface area contributed by atoms with Crippen molar-refractivity contribution in [3.63, 3.8) is 0 Å². The Hall–Kier alpha value is -3.74. The third-order valence-corrected chi connectivity index (χ3v) is 8.35. The maximum atomic E-state index is 15.8.